The minimum Gasteiger partial charge on any atom is -0.366 e. The van der Waals surface area contributed by atoms with E-state index < -0.39 is 18.4 Å². The molecule has 4 heterocycles. The van der Waals surface area contributed by atoms with E-state index in [0.717, 1.165) is 17.6 Å². The van der Waals surface area contributed by atoms with Crippen LogP contribution in [0.1, 0.15) is 12.8 Å². The first-order chi connectivity index (χ1) is 13.8. The highest BCUT2D eigenvalue weighted by molar-refractivity contribution is 5.91. The van der Waals surface area contributed by atoms with Crippen molar-refractivity contribution in [1.82, 2.24) is 25.1 Å². The highest BCUT2D eigenvalue weighted by Crippen LogP contribution is 2.29. The van der Waals surface area contributed by atoms with Crippen molar-refractivity contribution in [2.24, 2.45) is 0 Å². The lowest BCUT2D eigenvalue weighted by Gasteiger charge is -2.30. The molecule has 6 nitrogen and oxygen atoms in total. The second-order valence-electron chi connectivity index (χ2n) is 7.25. The lowest BCUT2D eigenvalue weighted by Crippen LogP contribution is -2.46. The van der Waals surface area contributed by atoms with Crippen LogP contribution in [-0.2, 0) is 6.54 Å². The average Bonchev–Trinajstić information content (AvgIpc) is 3.13. The van der Waals surface area contributed by atoms with Gasteiger partial charge in [0.05, 0.1) is 24.0 Å². The van der Waals surface area contributed by atoms with Crippen LogP contribution in [0.4, 0.5) is 23.4 Å². The topological polar surface area (TPSA) is 67.7 Å². The van der Waals surface area contributed by atoms with Gasteiger partial charge in [0.25, 0.3) is 0 Å². The van der Waals surface area contributed by atoms with Crippen molar-refractivity contribution in [2.75, 3.05) is 25.0 Å². The Kier molecular flexibility index (Phi) is 5.12. The smallest absolute Gasteiger partial charge is 0.366 e. The molecule has 10 heteroatoms. The van der Waals surface area contributed by atoms with Gasteiger partial charge in [-0.1, -0.05) is 0 Å². The highest BCUT2D eigenvalue weighted by atomic mass is 19.4. The molecular weight excluding hydrogens is 388 g/mol. The first-order valence-corrected chi connectivity index (χ1v) is 9.30. The van der Waals surface area contributed by atoms with Gasteiger partial charge in [-0.2, -0.15) is 18.3 Å². The lowest BCUT2D eigenvalue weighted by molar-refractivity contribution is -0.142. The van der Waals surface area contributed by atoms with Crippen LogP contribution in [0.25, 0.3) is 22.2 Å². The Morgan fingerprint density at radius 2 is 2.17 bits per heavy atom. The number of fused-ring (bicyclic) bond motifs is 1. The van der Waals surface area contributed by atoms with Gasteiger partial charge in [-0.15, -0.1) is 0 Å². The third-order valence-corrected chi connectivity index (χ3v) is 4.86. The van der Waals surface area contributed by atoms with E-state index in [1.165, 1.54) is 12.4 Å². The molecule has 1 atom stereocenters. The largest absolute Gasteiger partial charge is 0.408 e. The van der Waals surface area contributed by atoms with Crippen molar-refractivity contribution in [3.05, 3.63) is 36.8 Å². The molecule has 3 aromatic rings. The van der Waals surface area contributed by atoms with Crippen molar-refractivity contribution < 1.29 is 17.6 Å². The molecule has 4 rings (SSSR count). The Morgan fingerprint density at radius 1 is 1.31 bits per heavy atom. The summed E-state index contributed by atoms with van der Waals surface area (Å²) in [6.45, 7) is -0.0383. The second kappa shape index (κ2) is 7.58. The van der Waals surface area contributed by atoms with Crippen LogP contribution >= 0.6 is 0 Å². The maximum atomic E-state index is 15.0. The van der Waals surface area contributed by atoms with E-state index in [1.54, 1.807) is 18.3 Å². The Hall–Kier alpha value is -2.75. The monoisotopic (exact) mass is 408 g/mol. The molecule has 29 heavy (non-hydrogen) atoms. The van der Waals surface area contributed by atoms with E-state index in [9.17, 15) is 17.6 Å². The maximum absolute atomic E-state index is 15.0. The average molecular weight is 408 g/mol. The zero-order valence-electron chi connectivity index (χ0n) is 15.5. The predicted octanol–water partition coefficient (Wildman–Crippen LogP) is 3.56. The Labute approximate surface area is 164 Å². The Balaban J connectivity index is 1.64. The first kappa shape index (κ1) is 19.6. The fraction of sp³-hybridized carbons (Fsp3) is 0.421. The number of hydrogen-bond donors (Lipinski definition) is 2. The minimum absolute atomic E-state index is 0.0772. The minimum atomic E-state index is -4.36. The molecule has 0 aliphatic carbocycles. The Morgan fingerprint density at radius 3 is 2.93 bits per heavy atom. The number of hydrogen-bond acceptors (Lipinski definition) is 5. The molecule has 3 aromatic heterocycles. The van der Waals surface area contributed by atoms with Crippen molar-refractivity contribution in [3.63, 3.8) is 0 Å². The molecular formula is C19H20F4N6. The standard InChI is InChI=1S/C19H20F4N6/c20-18(4-2-5-24-10-18)11-26-17-14-3-1-6-25-16(14)7-15(28-17)13-8-27-29(9-13)12-19(21,22)23/h1,3,6-9,24H,2,4-5,10-12H2,(H,26,28)/t18-/m0/s1. The van der Waals surface area contributed by atoms with Crippen LogP contribution in [0.15, 0.2) is 36.8 Å². The number of anilines is 1. The molecule has 0 amide bonds. The normalized spacial score (nSPS) is 20.1. The van der Waals surface area contributed by atoms with Crippen LogP contribution in [0.5, 0.6) is 0 Å². The van der Waals surface area contributed by atoms with Crippen LogP contribution in [0.3, 0.4) is 0 Å². The summed E-state index contributed by atoms with van der Waals surface area (Å²) in [5.41, 5.74) is 0.0707. The van der Waals surface area contributed by atoms with E-state index in [2.05, 4.69) is 25.7 Å². The van der Waals surface area contributed by atoms with Crippen molar-refractivity contribution in [2.45, 2.75) is 31.2 Å². The van der Waals surface area contributed by atoms with Crippen LogP contribution in [-0.4, -0.2) is 51.2 Å². The van der Waals surface area contributed by atoms with Gasteiger partial charge in [0.15, 0.2) is 0 Å². The summed E-state index contributed by atoms with van der Waals surface area (Å²) in [6, 6.07) is 5.25. The summed E-state index contributed by atoms with van der Waals surface area (Å²) in [6.07, 6.45) is 1.08. The van der Waals surface area contributed by atoms with Crippen molar-refractivity contribution >= 4 is 16.7 Å². The van der Waals surface area contributed by atoms with E-state index in [4.69, 9.17) is 0 Å². The molecule has 1 fully saturated rings. The van der Waals surface area contributed by atoms with E-state index in [1.807, 2.05) is 6.07 Å². The van der Waals surface area contributed by atoms with Crippen LogP contribution in [0.2, 0.25) is 0 Å². The number of rotatable bonds is 5. The predicted molar refractivity (Wildman–Crippen MR) is 101 cm³/mol. The van der Waals surface area contributed by atoms with Crippen LogP contribution < -0.4 is 10.6 Å². The summed E-state index contributed by atoms with van der Waals surface area (Å²) >= 11 is 0. The maximum Gasteiger partial charge on any atom is 0.408 e. The second-order valence-corrected chi connectivity index (χ2v) is 7.25. The number of alkyl halides is 4. The van der Waals surface area contributed by atoms with Crippen LogP contribution in [0, 0.1) is 0 Å². The van der Waals surface area contributed by atoms with E-state index in [-0.39, 0.29) is 13.1 Å². The third-order valence-electron chi connectivity index (χ3n) is 4.86. The van der Waals surface area contributed by atoms with Crippen molar-refractivity contribution in [1.29, 1.82) is 0 Å². The number of aromatic nitrogens is 4. The summed E-state index contributed by atoms with van der Waals surface area (Å²) in [5.74, 6) is 0.441. The van der Waals surface area contributed by atoms with Gasteiger partial charge in [0.1, 0.15) is 18.0 Å². The molecule has 2 N–H and O–H groups in total. The van der Waals surface area contributed by atoms with Gasteiger partial charge in [-0.3, -0.25) is 9.67 Å². The molecule has 0 saturated carbocycles. The molecule has 0 bridgehead atoms. The lowest BCUT2D eigenvalue weighted by atomic mass is 9.96. The van der Waals surface area contributed by atoms with E-state index in [0.29, 0.717) is 34.4 Å². The zero-order chi connectivity index (χ0) is 20.5. The number of nitrogens with zero attached hydrogens (tertiary/aromatic N) is 4. The number of halogens is 4. The molecule has 0 radical (unpaired) electrons. The quantitative estimate of drug-likeness (QED) is 0.632. The van der Waals surface area contributed by atoms with Gasteiger partial charge < -0.3 is 10.6 Å². The fourth-order valence-electron chi connectivity index (χ4n) is 3.45. The van der Waals surface area contributed by atoms with Gasteiger partial charge in [0.2, 0.25) is 0 Å². The van der Waals surface area contributed by atoms with Gasteiger partial charge >= 0.3 is 6.18 Å². The number of piperidine rings is 1. The molecule has 1 aliphatic heterocycles. The third kappa shape index (κ3) is 4.64. The SMILES string of the molecule is FC(F)(F)Cn1cc(-c2cc3ncccc3c(NC[C@]3(F)CCCNC3)n2)cn1. The zero-order valence-corrected chi connectivity index (χ0v) is 15.5. The molecule has 1 saturated heterocycles. The molecule has 0 spiro atoms. The van der Waals surface area contributed by atoms with Gasteiger partial charge in [-0.05, 0) is 37.6 Å². The summed E-state index contributed by atoms with van der Waals surface area (Å²) in [7, 11) is 0. The highest BCUT2D eigenvalue weighted by Gasteiger charge is 2.32. The first-order valence-electron chi connectivity index (χ1n) is 9.30. The molecule has 1 aliphatic rings. The molecule has 154 valence electrons. The fourth-order valence-corrected chi connectivity index (χ4v) is 3.45. The number of nitrogens with one attached hydrogen (secondary N) is 2. The Bertz CT molecular complexity index is 994. The van der Waals surface area contributed by atoms with E-state index >= 15 is 0 Å². The van der Waals surface area contributed by atoms with Gasteiger partial charge in [-0.25, -0.2) is 9.37 Å². The molecule has 0 aromatic carbocycles. The summed E-state index contributed by atoms with van der Waals surface area (Å²) in [5, 5.41) is 10.6. The summed E-state index contributed by atoms with van der Waals surface area (Å²) < 4.78 is 53.6. The summed E-state index contributed by atoms with van der Waals surface area (Å²) in [4.78, 5) is 8.84. The number of pyridine rings is 2. The van der Waals surface area contributed by atoms with Gasteiger partial charge in [0, 0.05) is 29.9 Å². The van der Waals surface area contributed by atoms with Crippen molar-refractivity contribution in [3.8, 4) is 11.3 Å². The molecule has 0 unspecified atom stereocenters.